The minimum atomic E-state index is -0.0955. The fourth-order valence-electron chi connectivity index (χ4n) is 3.48. The number of aromatic nitrogens is 4. The van der Waals surface area contributed by atoms with E-state index in [1.807, 2.05) is 37.4 Å². The molecule has 0 radical (unpaired) electrons. The van der Waals surface area contributed by atoms with Crippen molar-refractivity contribution in [3.8, 4) is 5.69 Å². The van der Waals surface area contributed by atoms with E-state index < -0.39 is 0 Å². The molecule has 160 valence electrons. The number of likely N-dealkylation sites (N-methyl/N-ethyl adjacent to an activating group) is 1. The molecule has 31 heavy (non-hydrogen) atoms. The Kier molecular flexibility index (Phi) is 6.25. The summed E-state index contributed by atoms with van der Waals surface area (Å²) in [5.41, 5.74) is 3.76. The summed E-state index contributed by atoms with van der Waals surface area (Å²) in [5, 5.41) is 5.58. The molecule has 0 bridgehead atoms. The molecule has 2 heterocycles. The summed E-state index contributed by atoms with van der Waals surface area (Å²) in [5.74, 6) is 0. The van der Waals surface area contributed by atoms with E-state index in [-0.39, 0.29) is 10.8 Å². The third-order valence-corrected chi connectivity index (χ3v) is 6.44. The van der Waals surface area contributed by atoms with Crippen LogP contribution in [0, 0.1) is 0 Å². The summed E-state index contributed by atoms with van der Waals surface area (Å²) >= 11 is 1.58. The lowest BCUT2D eigenvalue weighted by molar-refractivity contribution is 0.413. The minimum Gasteiger partial charge on any atom is -0.309 e. The Balaban J connectivity index is 1.77. The van der Waals surface area contributed by atoms with E-state index in [0.717, 1.165) is 18.7 Å². The highest BCUT2D eigenvalue weighted by Crippen LogP contribution is 2.34. The normalized spacial score (nSPS) is 12.5. The Morgan fingerprint density at radius 1 is 1.06 bits per heavy atom. The van der Waals surface area contributed by atoms with E-state index in [1.165, 1.54) is 11.1 Å². The van der Waals surface area contributed by atoms with Crippen LogP contribution in [-0.4, -0.2) is 44.9 Å². The minimum absolute atomic E-state index is 0.0955. The van der Waals surface area contributed by atoms with Crippen molar-refractivity contribution in [1.82, 2.24) is 24.2 Å². The van der Waals surface area contributed by atoms with E-state index >= 15 is 0 Å². The molecule has 0 aliphatic carbocycles. The molecule has 0 aliphatic rings. The molecule has 4 rings (SSSR count). The summed E-state index contributed by atoms with van der Waals surface area (Å²) in [4.78, 5) is 20.4. The van der Waals surface area contributed by atoms with Crippen LogP contribution < -0.4 is 5.56 Å². The molecule has 0 saturated carbocycles. The molecular formula is C24H27N5OS. The fraction of sp³-hybridized carbons (Fsp3) is 0.292. The van der Waals surface area contributed by atoms with Crippen LogP contribution in [0.25, 0.3) is 16.7 Å². The van der Waals surface area contributed by atoms with E-state index in [4.69, 9.17) is 4.98 Å². The van der Waals surface area contributed by atoms with Crippen LogP contribution in [0.1, 0.15) is 23.3 Å². The first-order valence-electron chi connectivity index (χ1n) is 10.3. The quantitative estimate of drug-likeness (QED) is 0.325. The average molecular weight is 434 g/mol. The van der Waals surface area contributed by atoms with Gasteiger partial charge in [-0.05, 0) is 50.7 Å². The Labute approximate surface area is 186 Å². The van der Waals surface area contributed by atoms with Crippen molar-refractivity contribution < 1.29 is 0 Å². The SMILES string of the molecule is CC(Sc1nc2c(cnn2C)c(=O)n1-c1ccc(CCN(C)C)cc1)c1ccccc1. The number of nitrogens with zero attached hydrogens (tertiary/aromatic N) is 5. The predicted octanol–water partition coefficient (Wildman–Crippen LogP) is 4.08. The van der Waals surface area contributed by atoms with Crippen molar-refractivity contribution >= 4 is 22.8 Å². The van der Waals surface area contributed by atoms with Gasteiger partial charge in [-0.1, -0.05) is 54.2 Å². The van der Waals surface area contributed by atoms with Gasteiger partial charge in [0.1, 0.15) is 5.39 Å². The molecule has 0 N–H and O–H groups in total. The molecule has 0 spiro atoms. The van der Waals surface area contributed by atoms with E-state index in [9.17, 15) is 4.79 Å². The maximum atomic E-state index is 13.4. The molecule has 1 unspecified atom stereocenters. The highest BCUT2D eigenvalue weighted by molar-refractivity contribution is 7.99. The van der Waals surface area contributed by atoms with Gasteiger partial charge in [-0.25, -0.2) is 4.98 Å². The second-order valence-corrected chi connectivity index (χ2v) is 9.24. The first-order valence-corrected chi connectivity index (χ1v) is 11.2. The van der Waals surface area contributed by atoms with Crippen LogP contribution in [0.3, 0.4) is 0 Å². The van der Waals surface area contributed by atoms with Crippen molar-refractivity contribution in [3.05, 3.63) is 82.3 Å². The van der Waals surface area contributed by atoms with Crippen LogP contribution in [0.5, 0.6) is 0 Å². The van der Waals surface area contributed by atoms with E-state index in [1.54, 1.807) is 27.2 Å². The van der Waals surface area contributed by atoms with Crippen molar-refractivity contribution in [3.63, 3.8) is 0 Å². The number of benzene rings is 2. The van der Waals surface area contributed by atoms with E-state index in [0.29, 0.717) is 16.2 Å². The molecule has 2 aromatic carbocycles. The molecule has 1 atom stereocenters. The Hall–Kier alpha value is -2.90. The van der Waals surface area contributed by atoms with Crippen molar-refractivity contribution in [2.75, 3.05) is 20.6 Å². The number of hydrogen-bond donors (Lipinski definition) is 0. The molecule has 0 saturated heterocycles. The predicted molar refractivity (Wildman–Crippen MR) is 127 cm³/mol. The summed E-state index contributed by atoms with van der Waals surface area (Å²) in [6.07, 6.45) is 2.57. The van der Waals surface area contributed by atoms with Crippen LogP contribution >= 0.6 is 11.8 Å². The van der Waals surface area contributed by atoms with Crippen molar-refractivity contribution in [2.24, 2.45) is 7.05 Å². The van der Waals surface area contributed by atoms with Gasteiger partial charge in [0.2, 0.25) is 0 Å². The Morgan fingerprint density at radius 2 is 1.77 bits per heavy atom. The number of aryl methyl sites for hydroxylation is 1. The third kappa shape index (κ3) is 4.57. The van der Waals surface area contributed by atoms with Gasteiger partial charge in [0, 0.05) is 18.8 Å². The van der Waals surface area contributed by atoms with Gasteiger partial charge in [0.05, 0.1) is 11.9 Å². The topological polar surface area (TPSA) is 56.0 Å². The number of hydrogen-bond acceptors (Lipinski definition) is 5. The lowest BCUT2D eigenvalue weighted by atomic mass is 10.1. The summed E-state index contributed by atoms with van der Waals surface area (Å²) in [6.45, 7) is 3.12. The van der Waals surface area contributed by atoms with Gasteiger partial charge < -0.3 is 4.90 Å². The third-order valence-electron chi connectivity index (χ3n) is 5.33. The summed E-state index contributed by atoms with van der Waals surface area (Å²) in [6, 6.07) is 18.5. The highest BCUT2D eigenvalue weighted by atomic mass is 32.2. The maximum absolute atomic E-state index is 13.4. The van der Waals surface area contributed by atoms with Gasteiger partial charge in [0.25, 0.3) is 5.56 Å². The standard InChI is InChI=1S/C24H27N5OS/c1-17(19-8-6-5-7-9-19)31-24-26-22-21(16-25-28(22)4)23(30)29(24)20-12-10-18(11-13-20)14-15-27(2)3/h5-13,16-17H,14-15H2,1-4H3. The summed E-state index contributed by atoms with van der Waals surface area (Å²) < 4.78 is 3.37. The molecule has 0 aliphatic heterocycles. The van der Waals surface area contributed by atoms with Gasteiger partial charge in [0.15, 0.2) is 10.8 Å². The van der Waals surface area contributed by atoms with Gasteiger partial charge in [-0.2, -0.15) is 5.10 Å². The second kappa shape index (κ2) is 9.08. The van der Waals surface area contributed by atoms with Crippen LogP contribution in [0.2, 0.25) is 0 Å². The smallest absolute Gasteiger partial charge is 0.269 e. The zero-order chi connectivity index (χ0) is 22.0. The molecule has 4 aromatic rings. The molecule has 0 amide bonds. The monoisotopic (exact) mass is 433 g/mol. The fourth-order valence-corrected chi connectivity index (χ4v) is 4.53. The largest absolute Gasteiger partial charge is 0.309 e. The zero-order valence-electron chi connectivity index (χ0n) is 18.3. The van der Waals surface area contributed by atoms with Crippen molar-refractivity contribution in [1.29, 1.82) is 0 Å². The lowest BCUT2D eigenvalue weighted by Crippen LogP contribution is -2.22. The molecule has 2 aromatic heterocycles. The molecule has 0 fully saturated rings. The van der Waals surface area contributed by atoms with Gasteiger partial charge >= 0.3 is 0 Å². The highest BCUT2D eigenvalue weighted by Gasteiger charge is 2.19. The first-order chi connectivity index (χ1) is 14.9. The Morgan fingerprint density at radius 3 is 2.45 bits per heavy atom. The van der Waals surface area contributed by atoms with Crippen LogP contribution in [0.4, 0.5) is 0 Å². The molecule has 6 nitrogen and oxygen atoms in total. The lowest BCUT2D eigenvalue weighted by Gasteiger charge is -2.16. The van der Waals surface area contributed by atoms with Gasteiger partial charge in [-0.15, -0.1) is 0 Å². The maximum Gasteiger partial charge on any atom is 0.269 e. The van der Waals surface area contributed by atoms with E-state index in [2.05, 4.69) is 55.3 Å². The van der Waals surface area contributed by atoms with Gasteiger partial charge in [-0.3, -0.25) is 14.0 Å². The molecule has 7 heteroatoms. The average Bonchev–Trinajstić information content (AvgIpc) is 3.14. The first kappa shape index (κ1) is 21.3. The number of fused-ring (bicyclic) bond motifs is 1. The van der Waals surface area contributed by atoms with Crippen molar-refractivity contribution in [2.45, 2.75) is 23.8 Å². The van der Waals surface area contributed by atoms with Crippen LogP contribution in [-0.2, 0) is 13.5 Å². The Bertz CT molecular complexity index is 1230. The summed E-state index contributed by atoms with van der Waals surface area (Å²) in [7, 11) is 5.95. The molecular weight excluding hydrogens is 406 g/mol. The zero-order valence-corrected chi connectivity index (χ0v) is 19.1. The van der Waals surface area contributed by atoms with Crippen LogP contribution in [0.15, 0.2) is 70.7 Å². The second-order valence-electron chi connectivity index (χ2n) is 7.93. The number of rotatable bonds is 7. The number of thioether (sulfide) groups is 1.